The van der Waals surface area contributed by atoms with Gasteiger partial charge < -0.3 is 15.0 Å². The zero-order chi connectivity index (χ0) is 17.1. The van der Waals surface area contributed by atoms with E-state index in [0.717, 1.165) is 42.6 Å². The van der Waals surface area contributed by atoms with Crippen LogP contribution in [0.2, 0.25) is 0 Å². The number of rotatable bonds is 5. The van der Waals surface area contributed by atoms with Crippen LogP contribution in [-0.2, 0) is 12.1 Å². The fourth-order valence-electron chi connectivity index (χ4n) is 3.23. The molecule has 0 bridgehead atoms. The van der Waals surface area contributed by atoms with Crippen molar-refractivity contribution in [2.24, 2.45) is 5.73 Å². The molecule has 0 amide bonds. The first-order valence-electron chi connectivity index (χ1n) is 8.63. The van der Waals surface area contributed by atoms with Gasteiger partial charge in [0, 0.05) is 5.56 Å². The highest BCUT2D eigenvalue weighted by Crippen LogP contribution is 2.35. The molecule has 0 atom stereocenters. The van der Waals surface area contributed by atoms with Crippen molar-refractivity contribution in [1.29, 1.82) is 0 Å². The van der Waals surface area contributed by atoms with Crippen LogP contribution in [0.5, 0.6) is 5.75 Å². The van der Waals surface area contributed by atoms with Gasteiger partial charge in [0.15, 0.2) is 5.82 Å². The molecule has 6 heteroatoms. The zero-order valence-electron chi connectivity index (χ0n) is 14.4. The molecule has 26 heavy (non-hydrogen) atoms. The minimum atomic E-state index is -0.441. The van der Waals surface area contributed by atoms with Gasteiger partial charge in [-0.15, -0.1) is 12.4 Å². The van der Waals surface area contributed by atoms with Crippen molar-refractivity contribution in [3.63, 3.8) is 0 Å². The SMILES string of the molecule is Cl.NC1(c2noc(-c3cccc(OCc4ccccc4)c3)n2)CCCC1. The second kappa shape index (κ2) is 7.89. The fraction of sp³-hybridized carbons (Fsp3) is 0.300. The summed E-state index contributed by atoms with van der Waals surface area (Å²) in [5.74, 6) is 1.86. The van der Waals surface area contributed by atoms with Crippen LogP contribution in [0.1, 0.15) is 37.1 Å². The minimum Gasteiger partial charge on any atom is -0.489 e. The Morgan fingerprint density at radius 3 is 2.58 bits per heavy atom. The van der Waals surface area contributed by atoms with Crippen LogP contribution < -0.4 is 10.5 Å². The largest absolute Gasteiger partial charge is 0.489 e. The van der Waals surface area contributed by atoms with Gasteiger partial charge >= 0.3 is 0 Å². The van der Waals surface area contributed by atoms with Crippen molar-refractivity contribution in [2.75, 3.05) is 0 Å². The lowest BCUT2D eigenvalue weighted by Crippen LogP contribution is -2.34. The summed E-state index contributed by atoms with van der Waals surface area (Å²) >= 11 is 0. The van der Waals surface area contributed by atoms with Crippen LogP contribution in [0.3, 0.4) is 0 Å². The average molecular weight is 372 g/mol. The number of hydrogen-bond acceptors (Lipinski definition) is 5. The van der Waals surface area contributed by atoms with E-state index in [1.807, 2.05) is 54.6 Å². The van der Waals surface area contributed by atoms with Crippen molar-refractivity contribution < 1.29 is 9.26 Å². The third-order valence-corrected chi connectivity index (χ3v) is 4.70. The lowest BCUT2D eigenvalue weighted by molar-refractivity contribution is 0.306. The molecule has 2 N–H and O–H groups in total. The molecule has 2 aromatic carbocycles. The number of aromatic nitrogens is 2. The average Bonchev–Trinajstić information content (AvgIpc) is 3.31. The maximum Gasteiger partial charge on any atom is 0.258 e. The lowest BCUT2D eigenvalue weighted by Gasteiger charge is -2.17. The van der Waals surface area contributed by atoms with Gasteiger partial charge in [-0.3, -0.25) is 0 Å². The van der Waals surface area contributed by atoms with Crippen LogP contribution in [0.4, 0.5) is 0 Å². The minimum absolute atomic E-state index is 0. The quantitative estimate of drug-likeness (QED) is 0.716. The van der Waals surface area contributed by atoms with Crippen molar-refractivity contribution in [1.82, 2.24) is 10.1 Å². The summed E-state index contributed by atoms with van der Waals surface area (Å²) in [5, 5.41) is 4.12. The first-order valence-corrected chi connectivity index (χ1v) is 8.63. The molecule has 1 aromatic heterocycles. The molecule has 0 spiro atoms. The smallest absolute Gasteiger partial charge is 0.258 e. The van der Waals surface area contributed by atoms with E-state index in [2.05, 4.69) is 10.1 Å². The van der Waals surface area contributed by atoms with E-state index >= 15 is 0 Å². The van der Waals surface area contributed by atoms with Gasteiger partial charge in [-0.1, -0.05) is 54.4 Å². The van der Waals surface area contributed by atoms with Crippen LogP contribution in [0, 0.1) is 0 Å². The molecule has 0 aliphatic heterocycles. The molecular weight excluding hydrogens is 350 g/mol. The highest BCUT2D eigenvalue weighted by atomic mass is 35.5. The molecule has 0 saturated heterocycles. The summed E-state index contributed by atoms with van der Waals surface area (Å²) < 4.78 is 11.3. The van der Waals surface area contributed by atoms with Gasteiger partial charge in [0.1, 0.15) is 12.4 Å². The van der Waals surface area contributed by atoms with E-state index in [1.165, 1.54) is 0 Å². The van der Waals surface area contributed by atoms with Gasteiger partial charge in [-0.2, -0.15) is 4.98 Å². The third-order valence-electron chi connectivity index (χ3n) is 4.70. The van der Waals surface area contributed by atoms with Crippen molar-refractivity contribution in [2.45, 2.75) is 37.8 Å². The maximum atomic E-state index is 6.40. The number of ether oxygens (including phenoxy) is 1. The zero-order valence-corrected chi connectivity index (χ0v) is 15.2. The molecule has 136 valence electrons. The Labute approximate surface area is 159 Å². The normalized spacial score (nSPS) is 15.4. The second-order valence-electron chi connectivity index (χ2n) is 6.59. The van der Waals surface area contributed by atoms with E-state index in [-0.39, 0.29) is 12.4 Å². The molecule has 0 radical (unpaired) electrons. The van der Waals surface area contributed by atoms with E-state index in [1.54, 1.807) is 0 Å². The summed E-state index contributed by atoms with van der Waals surface area (Å²) in [4.78, 5) is 4.54. The predicted octanol–water partition coefficient (Wildman–Crippen LogP) is 4.47. The van der Waals surface area contributed by atoms with Crippen molar-refractivity contribution in [3.05, 3.63) is 66.0 Å². The summed E-state index contributed by atoms with van der Waals surface area (Å²) in [6, 6.07) is 17.8. The van der Waals surface area contributed by atoms with Gasteiger partial charge in [0.2, 0.25) is 0 Å². The van der Waals surface area contributed by atoms with Crippen LogP contribution in [0.25, 0.3) is 11.5 Å². The standard InChI is InChI=1S/C20H21N3O2.ClH/c21-20(11-4-5-12-20)19-22-18(25-23-19)16-9-6-10-17(13-16)24-14-15-7-2-1-3-8-15;/h1-3,6-10,13H,4-5,11-12,14,21H2;1H. The van der Waals surface area contributed by atoms with Crippen LogP contribution >= 0.6 is 12.4 Å². The van der Waals surface area contributed by atoms with Crippen molar-refractivity contribution >= 4 is 12.4 Å². The Balaban J connectivity index is 0.00000196. The molecule has 1 saturated carbocycles. The fourth-order valence-corrected chi connectivity index (χ4v) is 3.23. The lowest BCUT2D eigenvalue weighted by atomic mass is 9.99. The molecule has 1 fully saturated rings. The Bertz CT molecular complexity index is 845. The van der Waals surface area contributed by atoms with Gasteiger partial charge in [0.05, 0.1) is 5.54 Å². The molecule has 5 nitrogen and oxygen atoms in total. The maximum absolute atomic E-state index is 6.40. The van der Waals surface area contributed by atoms with Gasteiger partial charge in [-0.25, -0.2) is 0 Å². The Morgan fingerprint density at radius 1 is 1.04 bits per heavy atom. The molecule has 1 heterocycles. The second-order valence-corrected chi connectivity index (χ2v) is 6.59. The van der Waals surface area contributed by atoms with Crippen molar-refractivity contribution in [3.8, 4) is 17.2 Å². The summed E-state index contributed by atoms with van der Waals surface area (Å²) in [7, 11) is 0. The Hall–Kier alpha value is -2.37. The van der Waals surface area contributed by atoms with E-state index in [4.69, 9.17) is 15.0 Å². The molecule has 1 aliphatic carbocycles. The van der Waals surface area contributed by atoms with E-state index in [0.29, 0.717) is 18.3 Å². The summed E-state index contributed by atoms with van der Waals surface area (Å²) in [5.41, 5.74) is 7.93. The van der Waals surface area contributed by atoms with Gasteiger partial charge in [0.25, 0.3) is 5.89 Å². The number of benzene rings is 2. The van der Waals surface area contributed by atoms with Gasteiger partial charge in [-0.05, 0) is 36.6 Å². The molecule has 0 unspecified atom stereocenters. The Morgan fingerprint density at radius 2 is 1.81 bits per heavy atom. The summed E-state index contributed by atoms with van der Waals surface area (Å²) in [6.45, 7) is 0.519. The number of halogens is 1. The molecular formula is C20H22ClN3O2. The predicted molar refractivity (Wildman–Crippen MR) is 102 cm³/mol. The highest BCUT2D eigenvalue weighted by Gasteiger charge is 2.36. The summed E-state index contributed by atoms with van der Waals surface area (Å²) in [6.07, 6.45) is 4.05. The number of nitrogens with zero attached hydrogens (tertiary/aromatic N) is 2. The Kier molecular flexibility index (Phi) is 5.59. The molecule has 3 aromatic rings. The topological polar surface area (TPSA) is 74.2 Å². The first kappa shape index (κ1) is 18.4. The van der Waals surface area contributed by atoms with E-state index in [9.17, 15) is 0 Å². The number of nitrogens with two attached hydrogens (primary N) is 1. The highest BCUT2D eigenvalue weighted by molar-refractivity contribution is 5.85. The third kappa shape index (κ3) is 3.89. The number of hydrogen-bond donors (Lipinski definition) is 1. The molecule has 1 aliphatic rings. The monoisotopic (exact) mass is 371 g/mol. The van der Waals surface area contributed by atoms with Crippen LogP contribution in [-0.4, -0.2) is 10.1 Å². The first-order chi connectivity index (χ1) is 12.2. The van der Waals surface area contributed by atoms with Crippen LogP contribution in [0.15, 0.2) is 59.1 Å². The van der Waals surface area contributed by atoms with E-state index < -0.39 is 5.54 Å². The molecule has 4 rings (SSSR count).